The van der Waals surface area contributed by atoms with Crippen LogP contribution in [0.25, 0.3) is 5.73 Å². The first-order chi connectivity index (χ1) is 11.9. The molecule has 7 nitrogen and oxygen atoms in total. The molecule has 2 amide bonds. The molecule has 0 saturated carbocycles. The number of nitrogens with one attached hydrogen (secondary N) is 2. The number of halogens is 1. The molecular formula is C16H16AcFN4O3S-. The van der Waals surface area contributed by atoms with Gasteiger partial charge in [-0.25, -0.2) is 14.2 Å². The molecule has 1 atom stereocenters. The van der Waals surface area contributed by atoms with Gasteiger partial charge in [0, 0.05) is 48.9 Å². The van der Waals surface area contributed by atoms with Gasteiger partial charge in [-0.15, -0.1) is 17.9 Å². The van der Waals surface area contributed by atoms with Crippen LogP contribution in [0.3, 0.4) is 0 Å². The molecule has 3 rings (SSSR count). The van der Waals surface area contributed by atoms with Gasteiger partial charge in [0.15, 0.2) is 5.13 Å². The van der Waals surface area contributed by atoms with Crippen molar-refractivity contribution in [2.75, 3.05) is 23.3 Å². The van der Waals surface area contributed by atoms with Crippen LogP contribution in [0, 0.1) is 63.7 Å². The first-order valence-corrected chi connectivity index (χ1v) is 8.38. The van der Waals surface area contributed by atoms with E-state index in [4.69, 9.17) is 10.5 Å². The van der Waals surface area contributed by atoms with Crippen molar-refractivity contribution in [1.29, 1.82) is 0 Å². The number of aromatic nitrogens is 1. The Morgan fingerprint density at radius 1 is 1.50 bits per heavy atom. The summed E-state index contributed by atoms with van der Waals surface area (Å²) < 4.78 is 19.3. The van der Waals surface area contributed by atoms with Crippen molar-refractivity contribution in [3.8, 4) is 0 Å². The van der Waals surface area contributed by atoms with E-state index in [1.54, 1.807) is 0 Å². The van der Waals surface area contributed by atoms with Gasteiger partial charge in [0.25, 0.3) is 5.91 Å². The monoisotopic (exact) mass is 590 g/mol. The van der Waals surface area contributed by atoms with Gasteiger partial charge in [-0.3, -0.25) is 15.0 Å². The molecule has 1 radical (unpaired) electrons. The fourth-order valence-electron chi connectivity index (χ4n) is 2.39. The molecule has 135 valence electrons. The van der Waals surface area contributed by atoms with E-state index < -0.39 is 23.9 Å². The number of hydrogen-bond donors (Lipinski definition) is 1. The average Bonchev–Trinajstić information content (AvgIpc) is 3.09. The summed E-state index contributed by atoms with van der Waals surface area (Å²) in [6.07, 6.45) is -1.16. The Kier molecular flexibility index (Phi) is 7.13. The molecule has 0 unspecified atom stereocenters. The predicted octanol–water partition coefficient (Wildman–Crippen LogP) is 3.53. The summed E-state index contributed by atoms with van der Waals surface area (Å²) in [6.45, 7) is 3.84. The zero-order chi connectivity index (χ0) is 18.1. The number of cyclic esters (lactones) is 1. The van der Waals surface area contributed by atoms with Gasteiger partial charge < -0.3 is 10.5 Å². The maximum absolute atomic E-state index is 14.4. The van der Waals surface area contributed by atoms with Crippen molar-refractivity contribution >= 4 is 34.2 Å². The molecule has 1 aromatic carbocycles. The van der Waals surface area contributed by atoms with E-state index in [2.05, 4.69) is 10.3 Å². The third-order valence-corrected chi connectivity index (χ3v) is 4.85. The number of anilines is 2. The molecule has 2 heterocycles. The molecule has 0 aliphatic carbocycles. The zero-order valence-corrected chi connectivity index (χ0v) is 19.8. The van der Waals surface area contributed by atoms with Gasteiger partial charge in [0.1, 0.15) is 11.9 Å². The molecule has 0 spiro atoms. The van der Waals surface area contributed by atoms with Crippen molar-refractivity contribution in [3.05, 3.63) is 45.9 Å². The van der Waals surface area contributed by atoms with Gasteiger partial charge in [0.2, 0.25) is 0 Å². The van der Waals surface area contributed by atoms with Crippen molar-refractivity contribution in [2.24, 2.45) is 0 Å². The topological polar surface area (TPSA) is 95.3 Å². The van der Waals surface area contributed by atoms with Crippen molar-refractivity contribution < 1.29 is 62.8 Å². The predicted molar refractivity (Wildman–Crippen MR) is 92.7 cm³/mol. The Morgan fingerprint density at radius 3 is 2.77 bits per heavy atom. The summed E-state index contributed by atoms with van der Waals surface area (Å²) in [7, 11) is 0. The second kappa shape index (κ2) is 8.74. The van der Waals surface area contributed by atoms with Crippen LogP contribution >= 0.6 is 11.3 Å². The summed E-state index contributed by atoms with van der Waals surface area (Å²) in [5, 5.41) is 2.98. The zero-order valence-electron chi connectivity index (χ0n) is 14.2. The Balaban J connectivity index is 0.00000243. The average molecular weight is 590 g/mol. The summed E-state index contributed by atoms with van der Waals surface area (Å²) in [5.74, 6) is -1.35. The largest absolute Gasteiger partial charge is 0.674 e. The van der Waals surface area contributed by atoms with Crippen molar-refractivity contribution in [2.45, 2.75) is 20.0 Å². The molecular weight excluding hydrogens is 574 g/mol. The van der Waals surface area contributed by atoms with Gasteiger partial charge >= 0.3 is 6.09 Å². The fourth-order valence-corrected chi connectivity index (χ4v) is 3.20. The molecule has 2 aromatic rings. The Labute approximate surface area is 189 Å². The molecule has 1 aliphatic rings. The number of benzene rings is 1. The van der Waals surface area contributed by atoms with Crippen LogP contribution in [0.5, 0.6) is 0 Å². The van der Waals surface area contributed by atoms with E-state index in [1.807, 2.05) is 13.8 Å². The number of ether oxygens (including phenoxy) is 1. The molecule has 0 bridgehead atoms. The minimum Gasteiger partial charge on any atom is -0.674 e. The number of carbonyl (C=O) groups excluding carboxylic acids is 2. The second-order valence-corrected chi connectivity index (χ2v) is 6.80. The maximum Gasteiger partial charge on any atom is 0.414 e. The number of hydrogen-bond acceptors (Lipinski definition) is 5. The standard InChI is InChI=1S/C16H16FN4O3S.Ac/c1-8-9(2)25-15(19-8)20-14(22)12-4-3-10(5-13(12)17)21-7-11(6-18)24-16(21)23;/h3-5,11,18H,6-7H2,1-2H3,(H,19,20,22);/q-1;/t11-;/m0./s1. The van der Waals surface area contributed by atoms with Crippen LogP contribution in [0.15, 0.2) is 18.2 Å². The van der Waals surface area contributed by atoms with E-state index in [1.165, 1.54) is 28.4 Å². The van der Waals surface area contributed by atoms with E-state index in [0.29, 0.717) is 5.13 Å². The number of nitrogens with zero attached hydrogens (tertiary/aromatic N) is 2. The quantitative estimate of drug-likeness (QED) is 0.590. The summed E-state index contributed by atoms with van der Waals surface area (Å²) in [5.41, 5.74) is 8.22. The Bertz CT molecular complexity index is 825. The SMILES string of the molecule is Cc1nc(NC(=O)c2ccc(N3C[C@H](C[NH-])OC3=O)cc2F)sc1C.[Ac]. The van der Waals surface area contributed by atoms with E-state index >= 15 is 0 Å². The minimum absolute atomic E-state index is 0. The molecule has 26 heavy (non-hydrogen) atoms. The summed E-state index contributed by atoms with van der Waals surface area (Å²) in [6, 6.07) is 3.90. The van der Waals surface area contributed by atoms with Crippen LogP contribution in [-0.4, -0.2) is 36.2 Å². The van der Waals surface area contributed by atoms with Crippen LogP contribution in [0.2, 0.25) is 0 Å². The number of thiazole rings is 1. The molecule has 1 saturated heterocycles. The third-order valence-electron chi connectivity index (χ3n) is 3.86. The molecule has 1 aromatic heterocycles. The number of amides is 2. The smallest absolute Gasteiger partial charge is 0.414 e. The summed E-state index contributed by atoms with van der Waals surface area (Å²) in [4.78, 5) is 30.4. The van der Waals surface area contributed by atoms with Gasteiger partial charge in [0.05, 0.1) is 23.5 Å². The minimum atomic E-state index is -0.748. The van der Waals surface area contributed by atoms with E-state index in [0.717, 1.165) is 16.6 Å². The fraction of sp³-hybridized carbons (Fsp3) is 0.312. The first-order valence-electron chi connectivity index (χ1n) is 7.56. The molecule has 2 N–H and O–H groups in total. The maximum atomic E-state index is 14.4. The van der Waals surface area contributed by atoms with Crippen LogP contribution in [0.1, 0.15) is 20.9 Å². The Morgan fingerprint density at radius 2 is 2.23 bits per heavy atom. The first kappa shape index (κ1) is 21.2. The van der Waals surface area contributed by atoms with Gasteiger partial charge in [-0.1, -0.05) is 0 Å². The summed E-state index contributed by atoms with van der Waals surface area (Å²) >= 11 is 1.32. The van der Waals surface area contributed by atoms with Gasteiger partial charge in [-0.05, 0) is 32.0 Å². The van der Waals surface area contributed by atoms with Crippen molar-refractivity contribution in [1.82, 2.24) is 4.98 Å². The van der Waals surface area contributed by atoms with Crippen molar-refractivity contribution in [3.63, 3.8) is 0 Å². The number of rotatable bonds is 4. The third kappa shape index (κ3) is 4.42. The molecule has 10 heteroatoms. The molecule has 1 fully saturated rings. The van der Waals surface area contributed by atoms with E-state index in [9.17, 15) is 14.0 Å². The second-order valence-electron chi connectivity index (χ2n) is 5.60. The number of carbonyl (C=O) groups is 2. The number of aryl methyl sites for hydroxylation is 2. The van der Waals surface area contributed by atoms with Crippen LogP contribution in [0.4, 0.5) is 20.0 Å². The Hall–Kier alpha value is -1.08. The normalized spacial score (nSPS) is 16.2. The molecule has 1 aliphatic heterocycles. The van der Waals surface area contributed by atoms with Crippen LogP contribution < -0.4 is 10.2 Å². The van der Waals surface area contributed by atoms with Gasteiger partial charge in [-0.2, -0.15) is 0 Å². The van der Waals surface area contributed by atoms with E-state index in [-0.39, 0.29) is 68.4 Å². The van der Waals surface area contributed by atoms with Crippen LogP contribution in [-0.2, 0) is 4.74 Å².